The maximum Gasteiger partial charge on any atom is 0.308 e. The normalized spacial score (nSPS) is 28.0. The molecule has 6 heteroatoms. The van der Waals surface area contributed by atoms with Gasteiger partial charge in [-0.15, -0.1) is 0 Å². The second kappa shape index (κ2) is 6.10. The van der Waals surface area contributed by atoms with Gasteiger partial charge in [-0.1, -0.05) is 0 Å². The lowest BCUT2D eigenvalue weighted by atomic mass is 9.82. The average Bonchev–Trinajstić information content (AvgIpc) is 2.97. The molecule has 1 aromatic rings. The third-order valence-electron chi connectivity index (χ3n) is 4.92. The number of aliphatic carboxylic acids is 1. The summed E-state index contributed by atoms with van der Waals surface area (Å²) in [5.41, 5.74) is 0.919. The first-order chi connectivity index (χ1) is 10.6. The van der Waals surface area contributed by atoms with Crippen molar-refractivity contribution in [2.45, 2.75) is 50.9 Å². The van der Waals surface area contributed by atoms with Crippen LogP contribution in [0.4, 0.5) is 0 Å². The standard InChI is InChI=1S/C16H21NO5/c1-21-16(20)10-4-2-9(3-5-10)14-17-12-7-6-11(15(18)19)8-13(12)22-14/h9-11H,2-8H2,1H3,(H,18,19). The number of hydrogen-bond acceptors (Lipinski definition) is 5. The number of oxazole rings is 1. The number of aryl methyl sites for hydroxylation is 1. The lowest BCUT2D eigenvalue weighted by Crippen LogP contribution is -2.22. The van der Waals surface area contributed by atoms with Crippen LogP contribution < -0.4 is 0 Å². The van der Waals surface area contributed by atoms with Crippen LogP contribution in [0, 0.1) is 11.8 Å². The summed E-state index contributed by atoms with van der Waals surface area (Å²) < 4.78 is 10.7. The van der Waals surface area contributed by atoms with E-state index in [1.54, 1.807) is 0 Å². The molecule has 0 radical (unpaired) electrons. The first kappa shape index (κ1) is 15.1. The number of carboxylic acid groups (broad SMARTS) is 1. The van der Waals surface area contributed by atoms with Crippen LogP contribution in [0.2, 0.25) is 0 Å². The number of carbonyl (C=O) groups is 2. The van der Waals surface area contributed by atoms with Crippen LogP contribution in [0.5, 0.6) is 0 Å². The van der Waals surface area contributed by atoms with Crippen molar-refractivity contribution in [3.8, 4) is 0 Å². The van der Waals surface area contributed by atoms with Crippen LogP contribution in [0.3, 0.4) is 0 Å². The molecular formula is C16H21NO5. The molecule has 22 heavy (non-hydrogen) atoms. The number of carboxylic acids is 1. The maximum atomic E-state index is 11.6. The Kier molecular flexibility index (Phi) is 4.18. The minimum Gasteiger partial charge on any atom is -0.481 e. The number of carbonyl (C=O) groups excluding carboxylic acids is 1. The number of aromatic nitrogens is 1. The van der Waals surface area contributed by atoms with Crippen molar-refractivity contribution in [2.75, 3.05) is 7.11 Å². The SMILES string of the molecule is COC(=O)C1CCC(c2nc3c(o2)CC(C(=O)O)CC3)CC1. The zero-order chi connectivity index (χ0) is 15.7. The number of methoxy groups -OCH3 is 1. The Morgan fingerprint density at radius 2 is 1.91 bits per heavy atom. The molecule has 0 spiro atoms. The van der Waals surface area contributed by atoms with E-state index in [-0.39, 0.29) is 23.7 Å². The third-order valence-corrected chi connectivity index (χ3v) is 4.92. The monoisotopic (exact) mass is 307 g/mol. The van der Waals surface area contributed by atoms with Gasteiger partial charge in [0.05, 0.1) is 24.6 Å². The Labute approximate surface area is 128 Å². The largest absolute Gasteiger partial charge is 0.481 e. The molecule has 1 atom stereocenters. The van der Waals surface area contributed by atoms with Crippen molar-refractivity contribution in [3.05, 3.63) is 17.3 Å². The second-order valence-corrected chi connectivity index (χ2v) is 6.27. The van der Waals surface area contributed by atoms with E-state index in [0.717, 1.165) is 43.0 Å². The molecule has 120 valence electrons. The fraction of sp³-hybridized carbons (Fsp3) is 0.688. The molecule has 1 N–H and O–H groups in total. The average molecular weight is 307 g/mol. The highest BCUT2D eigenvalue weighted by Gasteiger charge is 2.33. The van der Waals surface area contributed by atoms with Crippen LogP contribution in [-0.2, 0) is 27.2 Å². The highest BCUT2D eigenvalue weighted by atomic mass is 16.5. The highest BCUT2D eigenvalue weighted by molar-refractivity contribution is 5.72. The summed E-state index contributed by atoms with van der Waals surface area (Å²) in [5.74, 6) is 0.431. The molecule has 1 saturated carbocycles. The molecule has 1 heterocycles. The number of fused-ring (bicyclic) bond motifs is 1. The molecule has 0 bridgehead atoms. The van der Waals surface area contributed by atoms with Gasteiger partial charge in [-0.2, -0.15) is 0 Å². The molecule has 2 aliphatic carbocycles. The van der Waals surface area contributed by atoms with E-state index in [9.17, 15) is 9.59 Å². The molecule has 0 aromatic carbocycles. The fourth-order valence-electron chi connectivity index (χ4n) is 3.52. The van der Waals surface area contributed by atoms with Crippen LogP contribution >= 0.6 is 0 Å². The molecule has 1 fully saturated rings. The van der Waals surface area contributed by atoms with Gasteiger partial charge in [-0.25, -0.2) is 4.98 Å². The number of ether oxygens (including phenoxy) is 1. The highest BCUT2D eigenvalue weighted by Crippen LogP contribution is 2.38. The van der Waals surface area contributed by atoms with E-state index in [1.165, 1.54) is 7.11 Å². The molecule has 6 nitrogen and oxygen atoms in total. The van der Waals surface area contributed by atoms with Gasteiger partial charge < -0.3 is 14.3 Å². The second-order valence-electron chi connectivity index (χ2n) is 6.27. The molecular weight excluding hydrogens is 286 g/mol. The van der Waals surface area contributed by atoms with Crippen LogP contribution in [0.1, 0.15) is 55.4 Å². The molecule has 2 aliphatic rings. The quantitative estimate of drug-likeness (QED) is 0.862. The predicted molar refractivity (Wildman–Crippen MR) is 76.4 cm³/mol. The van der Waals surface area contributed by atoms with Gasteiger partial charge in [-0.05, 0) is 38.5 Å². The smallest absolute Gasteiger partial charge is 0.308 e. The van der Waals surface area contributed by atoms with Crippen LogP contribution in [0.25, 0.3) is 0 Å². The first-order valence-electron chi connectivity index (χ1n) is 7.87. The summed E-state index contributed by atoms with van der Waals surface area (Å²) in [5, 5.41) is 9.12. The molecule has 0 aliphatic heterocycles. The van der Waals surface area contributed by atoms with Crippen molar-refractivity contribution in [3.63, 3.8) is 0 Å². The summed E-state index contributed by atoms with van der Waals surface area (Å²) in [6.07, 6.45) is 5.05. The van der Waals surface area contributed by atoms with Crippen molar-refractivity contribution in [2.24, 2.45) is 11.8 Å². The van der Waals surface area contributed by atoms with Crippen LogP contribution in [0.15, 0.2) is 4.42 Å². The van der Waals surface area contributed by atoms with Crippen LogP contribution in [-0.4, -0.2) is 29.1 Å². The van der Waals surface area contributed by atoms with Gasteiger partial charge in [0.2, 0.25) is 0 Å². The molecule has 0 amide bonds. The fourth-order valence-corrected chi connectivity index (χ4v) is 3.52. The number of nitrogens with zero attached hydrogens (tertiary/aromatic N) is 1. The van der Waals surface area contributed by atoms with Gasteiger partial charge in [0.25, 0.3) is 0 Å². The van der Waals surface area contributed by atoms with Gasteiger partial charge in [0.15, 0.2) is 5.89 Å². The zero-order valence-electron chi connectivity index (χ0n) is 12.7. The summed E-state index contributed by atoms with van der Waals surface area (Å²) >= 11 is 0. The van der Waals surface area contributed by atoms with E-state index in [0.29, 0.717) is 19.3 Å². The van der Waals surface area contributed by atoms with Gasteiger partial charge in [0, 0.05) is 12.3 Å². The summed E-state index contributed by atoms with van der Waals surface area (Å²) in [4.78, 5) is 27.2. The predicted octanol–water partition coefficient (Wildman–Crippen LogP) is 2.31. The van der Waals surface area contributed by atoms with E-state index in [4.69, 9.17) is 14.3 Å². The minimum absolute atomic E-state index is 0.0118. The first-order valence-corrected chi connectivity index (χ1v) is 7.87. The topological polar surface area (TPSA) is 89.6 Å². The zero-order valence-corrected chi connectivity index (χ0v) is 12.7. The van der Waals surface area contributed by atoms with Crippen molar-refractivity contribution < 1.29 is 23.8 Å². The number of esters is 1. The number of rotatable bonds is 3. The molecule has 0 saturated heterocycles. The van der Waals surface area contributed by atoms with Gasteiger partial charge >= 0.3 is 11.9 Å². The Balaban J connectivity index is 1.65. The maximum absolute atomic E-state index is 11.6. The van der Waals surface area contributed by atoms with E-state index >= 15 is 0 Å². The van der Waals surface area contributed by atoms with E-state index in [1.807, 2.05) is 0 Å². The number of hydrogen-bond donors (Lipinski definition) is 1. The van der Waals surface area contributed by atoms with E-state index in [2.05, 4.69) is 4.98 Å². The van der Waals surface area contributed by atoms with Gasteiger partial charge in [0.1, 0.15) is 5.76 Å². The molecule has 1 unspecified atom stereocenters. The summed E-state index contributed by atoms with van der Waals surface area (Å²) in [6, 6.07) is 0. The van der Waals surface area contributed by atoms with Crippen molar-refractivity contribution in [1.29, 1.82) is 0 Å². The summed E-state index contributed by atoms with van der Waals surface area (Å²) in [7, 11) is 1.43. The Morgan fingerprint density at radius 3 is 2.55 bits per heavy atom. The minimum atomic E-state index is -0.762. The molecule has 3 rings (SSSR count). The van der Waals surface area contributed by atoms with Crippen molar-refractivity contribution in [1.82, 2.24) is 4.98 Å². The Morgan fingerprint density at radius 1 is 1.18 bits per heavy atom. The van der Waals surface area contributed by atoms with E-state index < -0.39 is 5.97 Å². The van der Waals surface area contributed by atoms with Gasteiger partial charge in [-0.3, -0.25) is 9.59 Å². The lowest BCUT2D eigenvalue weighted by molar-refractivity contribution is -0.146. The van der Waals surface area contributed by atoms with Crippen molar-refractivity contribution >= 4 is 11.9 Å². The Bertz CT molecular complexity index is 571. The third kappa shape index (κ3) is 2.87. The lowest BCUT2D eigenvalue weighted by Gasteiger charge is -2.24. The Hall–Kier alpha value is -1.85. The molecule has 1 aromatic heterocycles. The summed E-state index contributed by atoms with van der Waals surface area (Å²) in [6.45, 7) is 0.